The highest BCUT2D eigenvalue weighted by Crippen LogP contribution is 2.30. The predicted molar refractivity (Wildman–Crippen MR) is 89.9 cm³/mol. The third kappa shape index (κ3) is 3.33. The van der Waals surface area contributed by atoms with Crippen LogP contribution in [0.1, 0.15) is 5.56 Å². The third-order valence-electron chi connectivity index (χ3n) is 3.29. The zero-order valence-corrected chi connectivity index (χ0v) is 13.0. The summed E-state index contributed by atoms with van der Waals surface area (Å²) in [5.74, 6) is 0.311. The van der Waals surface area contributed by atoms with Crippen LogP contribution in [0.2, 0.25) is 0 Å². The van der Waals surface area contributed by atoms with Crippen molar-refractivity contribution >= 4 is 34.7 Å². The normalized spacial score (nSPS) is 9.78. The zero-order chi connectivity index (χ0) is 15.5. The minimum atomic E-state index is -0.377. The van der Waals surface area contributed by atoms with E-state index in [1.807, 2.05) is 18.2 Å². The fourth-order valence-corrected chi connectivity index (χ4v) is 2.23. The second-order valence-corrected chi connectivity index (χ2v) is 4.68. The number of benzene rings is 2. The molecule has 0 bridgehead atoms. The Balaban J connectivity index is 0.00000192. The summed E-state index contributed by atoms with van der Waals surface area (Å²) >= 11 is 0. The summed E-state index contributed by atoms with van der Waals surface area (Å²) in [6.07, 6.45) is 1.47. The molecular formula is C17H13ClFN3O. The first-order valence-electron chi connectivity index (χ1n) is 6.60. The number of methoxy groups -OCH3 is 1. The number of anilines is 2. The maximum absolute atomic E-state index is 13.6. The number of nitriles is 1. The van der Waals surface area contributed by atoms with Crippen molar-refractivity contribution in [3.8, 4) is 11.8 Å². The number of pyridine rings is 1. The van der Waals surface area contributed by atoms with Crippen molar-refractivity contribution in [3.63, 3.8) is 0 Å². The Kier molecular flexibility index (Phi) is 4.99. The first-order chi connectivity index (χ1) is 10.7. The van der Waals surface area contributed by atoms with Gasteiger partial charge in [0.1, 0.15) is 17.6 Å². The van der Waals surface area contributed by atoms with Crippen LogP contribution in [0.25, 0.3) is 10.9 Å². The lowest BCUT2D eigenvalue weighted by atomic mass is 10.1. The number of fused-ring (bicyclic) bond motifs is 1. The number of aromatic nitrogens is 1. The number of nitrogens with zero attached hydrogens (tertiary/aromatic N) is 2. The van der Waals surface area contributed by atoms with E-state index in [9.17, 15) is 9.65 Å². The molecule has 0 radical (unpaired) electrons. The lowest BCUT2D eigenvalue weighted by Crippen LogP contribution is -1.97. The maximum Gasteiger partial charge on any atom is 0.124 e. The molecule has 0 aliphatic rings. The van der Waals surface area contributed by atoms with Crippen LogP contribution in [0.4, 0.5) is 15.8 Å². The van der Waals surface area contributed by atoms with Crippen LogP contribution in [0.5, 0.6) is 5.75 Å². The minimum absolute atomic E-state index is 0. The molecule has 1 aromatic heterocycles. The van der Waals surface area contributed by atoms with E-state index >= 15 is 0 Å². The first-order valence-corrected chi connectivity index (χ1v) is 6.60. The minimum Gasteiger partial charge on any atom is -0.497 e. The van der Waals surface area contributed by atoms with E-state index in [2.05, 4.69) is 16.4 Å². The smallest absolute Gasteiger partial charge is 0.124 e. The monoisotopic (exact) mass is 329 g/mol. The lowest BCUT2D eigenvalue weighted by Gasteiger charge is -2.12. The summed E-state index contributed by atoms with van der Waals surface area (Å²) < 4.78 is 18.7. The van der Waals surface area contributed by atoms with Crippen molar-refractivity contribution in [2.45, 2.75) is 0 Å². The molecule has 0 aliphatic carbocycles. The van der Waals surface area contributed by atoms with Crippen molar-refractivity contribution in [2.75, 3.05) is 12.4 Å². The van der Waals surface area contributed by atoms with Crippen LogP contribution in [-0.2, 0) is 0 Å². The van der Waals surface area contributed by atoms with Gasteiger partial charge >= 0.3 is 0 Å². The van der Waals surface area contributed by atoms with Crippen molar-refractivity contribution in [3.05, 3.63) is 60.0 Å². The van der Waals surface area contributed by atoms with E-state index in [1.165, 1.54) is 18.3 Å². The molecule has 0 spiro atoms. The standard InChI is InChI=1S/C17H12FN3O.ClH/c1-22-14-4-2-3-13(8-14)21-17-11(9-19)10-20-16-6-5-12(18)7-15(16)17;/h2-8,10H,1H3,(H,20,21);1H. The van der Waals surface area contributed by atoms with Gasteiger partial charge in [-0.2, -0.15) is 5.26 Å². The largest absolute Gasteiger partial charge is 0.497 e. The number of hydrogen-bond acceptors (Lipinski definition) is 4. The maximum atomic E-state index is 13.6. The van der Waals surface area contributed by atoms with Gasteiger partial charge in [-0.3, -0.25) is 4.98 Å². The fourth-order valence-electron chi connectivity index (χ4n) is 2.23. The molecule has 0 fully saturated rings. The highest BCUT2D eigenvalue weighted by atomic mass is 35.5. The van der Waals surface area contributed by atoms with E-state index in [0.717, 1.165) is 5.69 Å². The van der Waals surface area contributed by atoms with Gasteiger partial charge in [0.05, 0.1) is 23.9 Å². The van der Waals surface area contributed by atoms with E-state index < -0.39 is 0 Å². The number of ether oxygens (including phenoxy) is 1. The van der Waals surface area contributed by atoms with Gasteiger partial charge in [0.25, 0.3) is 0 Å². The lowest BCUT2D eigenvalue weighted by molar-refractivity contribution is 0.415. The highest BCUT2D eigenvalue weighted by Gasteiger charge is 2.10. The van der Waals surface area contributed by atoms with Crippen LogP contribution >= 0.6 is 12.4 Å². The third-order valence-corrected chi connectivity index (χ3v) is 3.29. The van der Waals surface area contributed by atoms with Gasteiger partial charge in [-0.05, 0) is 30.3 Å². The molecule has 0 unspecified atom stereocenters. The Morgan fingerprint density at radius 3 is 2.78 bits per heavy atom. The molecular weight excluding hydrogens is 317 g/mol. The van der Waals surface area contributed by atoms with Gasteiger partial charge in [-0.25, -0.2) is 4.39 Å². The molecule has 1 N–H and O–H groups in total. The molecule has 0 saturated carbocycles. The first kappa shape index (κ1) is 16.5. The molecule has 4 nitrogen and oxygen atoms in total. The molecule has 3 aromatic rings. The average Bonchev–Trinajstić information content (AvgIpc) is 2.55. The highest BCUT2D eigenvalue weighted by molar-refractivity contribution is 5.95. The summed E-state index contributed by atoms with van der Waals surface area (Å²) in [6, 6.07) is 13.7. The van der Waals surface area contributed by atoms with Gasteiger partial charge < -0.3 is 10.1 Å². The zero-order valence-electron chi connectivity index (χ0n) is 12.2. The predicted octanol–water partition coefficient (Wildman–Crippen LogP) is 4.42. The molecule has 1 heterocycles. The summed E-state index contributed by atoms with van der Waals surface area (Å²) in [5, 5.41) is 13.0. The molecule has 2 aromatic carbocycles. The van der Waals surface area contributed by atoms with E-state index in [4.69, 9.17) is 4.74 Å². The number of nitrogens with one attached hydrogen (secondary N) is 1. The Morgan fingerprint density at radius 2 is 2.04 bits per heavy atom. The quantitative estimate of drug-likeness (QED) is 0.772. The Hall–Kier alpha value is -2.84. The number of rotatable bonds is 3. The molecule has 3 rings (SSSR count). The van der Waals surface area contributed by atoms with Crippen LogP contribution in [0.15, 0.2) is 48.7 Å². The Morgan fingerprint density at radius 1 is 1.22 bits per heavy atom. The number of hydrogen-bond donors (Lipinski definition) is 1. The van der Waals surface area contributed by atoms with Gasteiger partial charge in [-0.15, -0.1) is 12.4 Å². The summed E-state index contributed by atoms with van der Waals surface area (Å²) in [6.45, 7) is 0. The van der Waals surface area contributed by atoms with Gasteiger partial charge in [0, 0.05) is 23.3 Å². The van der Waals surface area contributed by atoms with Crippen molar-refractivity contribution in [2.24, 2.45) is 0 Å². The van der Waals surface area contributed by atoms with E-state index in [0.29, 0.717) is 27.9 Å². The van der Waals surface area contributed by atoms with Crippen LogP contribution < -0.4 is 10.1 Å². The second-order valence-electron chi connectivity index (χ2n) is 4.68. The SMILES string of the molecule is COc1cccc(Nc2c(C#N)cnc3ccc(F)cc23)c1.Cl. The summed E-state index contributed by atoms with van der Waals surface area (Å²) in [5.41, 5.74) is 2.24. The van der Waals surface area contributed by atoms with Crippen LogP contribution in [0, 0.1) is 17.1 Å². The Labute approximate surface area is 138 Å². The van der Waals surface area contributed by atoms with Crippen molar-refractivity contribution in [1.82, 2.24) is 4.98 Å². The van der Waals surface area contributed by atoms with Gasteiger partial charge in [-0.1, -0.05) is 6.07 Å². The van der Waals surface area contributed by atoms with Crippen LogP contribution in [-0.4, -0.2) is 12.1 Å². The van der Waals surface area contributed by atoms with E-state index in [1.54, 1.807) is 19.2 Å². The summed E-state index contributed by atoms with van der Waals surface area (Å²) in [4.78, 5) is 4.18. The average molecular weight is 330 g/mol. The van der Waals surface area contributed by atoms with Crippen LogP contribution in [0.3, 0.4) is 0 Å². The second kappa shape index (κ2) is 6.95. The molecule has 0 aliphatic heterocycles. The van der Waals surface area contributed by atoms with Crippen molar-refractivity contribution < 1.29 is 9.13 Å². The molecule has 0 amide bonds. The molecule has 6 heteroatoms. The molecule has 0 saturated heterocycles. The molecule has 23 heavy (non-hydrogen) atoms. The topological polar surface area (TPSA) is 57.9 Å². The number of halogens is 2. The van der Waals surface area contributed by atoms with Gasteiger partial charge in [0.2, 0.25) is 0 Å². The molecule has 0 atom stereocenters. The van der Waals surface area contributed by atoms with Gasteiger partial charge in [0.15, 0.2) is 0 Å². The molecule has 116 valence electrons. The fraction of sp³-hybridized carbons (Fsp3) is 0.0588. The van der Waals surface area contributed by atoms with Crippen molar-refractivity contribution in [1.29, 1.82) is 5.26 Å². The Bertz CT molecular complexity index is 893. The van der Waals surface area contributed by atoms with E-state index in [-0.39, 0.29) is 18.2 Å². The summed E-state index contributed by atoms with van der Waals surface area (Å²) in [7, 11) is 1.58.